The number of carbonyl (C=O) groups excluding carboxylic acids is 1. The van der Waals surface area contributed by atoms with Gasteiger partial charge < -0.3 is 10.1 Å². The average molecular weight is 481 g/mol. The molecule has 4 aromatic rings. The van der Waals surface area contributed by atoms with Crippen molar-refractivity contribution in [1.82, 2.24) is 9.97 Å². The van der Waals surface area contributed by atoms with E-state index in [4.69, 9.17) is 9.88 Å². The standard InChI is InChI=1S/C23H20N4O4S2/c1-31-21-12-5-3-10-18(21)20(28)14-32-23-26-19-11-4-2-9-17(19)22(27-23)25-15-7-6-8-16(13-15)33(24,29)30/h2-13H,14H2,1H3,(H2,24,29,30)(H,25,26,27). The van der Waals surface area contributed by atoms with Crippen molar-refractivity contribution in [3.8, 4) is 5.75 Å². The van der Waals surface area contributed by atoms with Crippen molar-refractivity contribution in [3.63, 3.8) is 0 Å². The number of sulfonamides is 1. The highest BCUT2D eigenvalue weighted by Gasteiger charge is 2.15. The Hall–Kier alpha value is -3.47. The lowest BCUT2D eigenvalue weighted by Crippen LogP contribution is -2.12. The fourth-order valence-electron chi connectivity index (χ4n) is 3.19. The van der Waals surface area contributed by atoms with E-state index in [9.17, 15) is 13.2 Å². The number of ketones is 1. The van der Waals surface area contributed by atoms with Crippen LogP contribution in [0.5, 0.6) is 5.75 Å². The zero-order valence-corrected chi connectivity index (χ0v) is 19.2. The summed E-state index contributed by atoms with van der Waals surface area (Å²) in [6.07, 6.45) is 0. The third kappa shape index (κ3) is 5.30. The molecule has 3 N–H and O–H groups in total. The molecule has 8 nitrogen and oxygen atoms in total. The first-order valence-electron chi connectivity index (χ1n) is 9.81. The minimum absolute atomic E-state index is 0.0112. The number of thioether (sulfide) groups is 1. The van der Waals surface area contributed by atoms with Crippen LogP contribution in [0.2, 0.25) is 0 Å². The molecule has 3 aromatic carbocycles. The molecular formula is C23H20N4O4S2. The van der Waals surface area contributed by atoms with E-state index in [1.54, 1.807) is 36.4 Å². The molecular weight excluding hydrogens is 460 g/mol. The van der Waals surface area contributed by atoms with Gasteiger partial charge in [0, 0.05) is 11.1 Å². The second-order valence-corrected chi connectivity index (χ2v) is 9.49. The van der Waals surface area contributed by atoms with E-state index in [-0.39, 0.29) is 16.4 Å². The Labute approximate surface area is 195 Å². The molecule has 0 bridgehead atoms. The van der Waals surface area contributed by atoms with Gasteiger partial charge in [-0.1, -0.05) is 42.1 Å². The Morgan fingerprint density at radius 2 is 1.79 bits per heavy atom. The molecule has 0 atom stereocenters. The third-order valence-corrected chi connectivity index (χ3v) is 6.51. The molecule has 0 saturated carbocycles. The quantitative estimate of drug-likeness (QED) is 0.220. The van der Waals surface area contributed by atoms with Crippen LogP contribution in [0, 0.1) is 0 Å². The van der Waals surface area contributed by atoms with Gasteiger partial charge in [-0.15, -0.1) is 0 Å². The van der Waals surface area contributed by atoms with E-state index in [0.717, 1.165) is 5.39 Å². The molecule has 0 aliphatic heterocycles. The summed E-state index contributed by atoms with van der Waals surface area (Å²) in [6, 6.07) is 20.6. The van der Waals surface area contributed by atoms with Crippen LogP contribution in [0.15, 0.2) is 82.8 Å². The van der Waals surface area contributed by atoms with E-state index in [0.29, 0.717) is 33.5 Å². The fourth-order valence-corrected chi connectivity index (χ4v) is 4.48. The number of Topliss-reactive ketones (excluding diaryl/α,β-unsaturated/α-hetero) is 1. The summed E-state index contributed by atoms with van der Waals surface area (Å²) in [6.45, 7) is 0. The Morgan fingerprint density at radius 1 is 1.03 bits per heavy atom. The van der Waals surface area contributed by atoms with Crippen LogP contribution in [0.1, 0.15) is 10.4 Å². The number of methoxy groups -OCH3 is 1. The molecule has 1 heterocycles. The smallest absolute Gasteiger partial charge is 0.238 e. The summed E-state index contributed by atoms with van der Waals surface area (Å²) in [5.41, 5.74) is 1.68. The van der Waals surface area contributed by atoms with Gasteiger partial charge in [-0.25, -0.2) is 23.5 Å². The minimum atomic E-state index is -3.84. The maximum absolute atomic E-state index is 12.7. The van der Waals surface area contributed by atoms with Crippen molar-refractivity contribution in [2.75, 3.05) is 18.2 Å². The molecule has 0 aliphatic rings. The van der Waals surface area contributed by atoms with Crippen molar-refractivity contribution >= 4 is 50.0 Å². The first-order chi connectivity index (χ1) is 15.8. The normalized spacial score (nSPS) is 11.3. The number of aromatic nitrogens is 2. The van der Waals surface area contributed by atoms with Gasteiger partial charge in [0.1, 0.15) is 11.6 Å². The van der Waals surface area contributed by atoms with Crippen LogP contribution in [0.4, 0.5) is 11.5 Å². The number of fused-ring (bicyclic) bond motifs is 1. The molecule has 4 rings (SSSR count). The third-order valence-electron chi connectivity index (χ3n) is 4.75. The van der Waals surface area contributed by atoms with Gasteiger partial charge in [-0.2, -0.15) is 0 Å². The zero-order chi connectivity index (χ0) is 23.4. The summed E-state index contributed by atoms with van der Waals surface area (Å²) >= 11 is 1.21. The van der Waals surface area contributed by atoms with Gasteiger partial charge >= 0.3 is 0 Å². The van der Waals surface area contributed by atoms with Crippen LogP contribution in [0.3, 0.4) is 0 Å². The van der Waals surface area contributed by atoms with Gasteiger partial charge in [0.15, 0.2) is 10.9 Å². The van der Waals surface area contributed by atoms with E-state index < -0.39 is 10.0 Å². The molecule has 0 spiro atoms. The lowest BCUT2D eigenvalue weighted by molar-refractivity contribution is 0.101. The monoisotopic (exact) mass is 480 g/mol. The van der Waals surface area contributed by atoms with Crippen molar-refractivity contribution in [2.24, 2.45) is 5.14 Å². The van der Waals surface area contributed by atoms with Crippen LogP contribution in [0.25, 0.3) is 10.9 Å². The maximum atomic E-state index is 12.7. The average Bonchev–Trinajstić information content (AvgIpc) is 2.82. The number of anilines is 2. The highest BCUT2D eigenvalue weighted by atomic mass is 32.2. The van der Waals surface area contributed by atoms with E-state index >= 15 is 0 Å². The first-order valence-corrected chi connectivity index (χ1v) is 12.3. The Morgan fingerprint density at radius 3 is 2.58 bits per heavy atom. The number of primary sulfonamides is 1. The largest absolute Gasteiger partial charge is 0.496 e. The van der Waals surface area contributed by atoms with Crippen molar-refractivity contribution in [1.29, 1.82) is 0 Å². The Kier molecular flexibility index (Phi) is 6.59. The number of carbonyl (C=O) groups is 1. The number of ether oxygens (including phenoxy) is 1. The van der Waals surface area contributed by atoms with Crippen LogP contribution < -0.4 is 15.2 Å². The number of nitrogens with two attached hydrogens (primary N) is 1. The summed E-state index contributed by atoms with van der Waals surface area (Å²) in [7, 11) is -2.32. The molecule has 33 heavy (non-hydrogen) atoms. The van der Waals surface area contributed by atoms with E-state index in [2.05, 4.69) is 15.3 Å². The van der Waals surface area contributed by atoms with Gasteiger partial charge in [-0.05, 0) is 42.5 Å². The summed E-state index contributed by atoms with van der Waals surface area (Å²) < 4.78 is 28.7. The maximum Gasteiger partial charge on any atom is 0.238 e. The molecule has 0 saturated heterocycles. The summed E-state index contributed by atoms with van der Waals surface area (Å²) in [4.78, 5) is 21.8. The number of nitrogens with one attached hydrogen (secondary N) is 1. The Balaban J connectivity index is 1.63. The number of hydrogen-bond acceptors (Lipinski definition) is 8. The number of hydrogen-bond donors (Lipinski definition) is 2. The van der Waals surface area contributed by atoms with E-state index in [1.165, 1.54) is 31.0 Å². The van der Waals surface area contributed by atoms with Crippen molar-refractivity contribution in [3.05, 3.63) is 78.4 Å². The highest BCUT2D eigenvalue weighted by Crippen LogP contribution is 2.28. The first kappa shape index (κ1) is 22.7. The Bertz CT molecular complexity index is 1440. The predicted molar refractivity (Wildman–Crippen MR) is 129 cm³/mol. The number of benzene rings is 3. The topological polar surface area (TPSA) is 124 Å². The lowest BCUT2D eigenvalue weighted by atomic mass is 10.1. The molecule has 0 radical (unpaired) electrons. The van der Waals surface area contributed by atoms with Gasteiger partial charge in [0.25, 0.3) is 0 Å². The number of rotatable bonds is 8. The van der Waals surface area contributed by atoms with Crippen LogP contribution in [-0.2, 0) is 10.0 Å². The van der Waals surface area contributed by atoms with Crippen molar-refractivity contribution in [2.45, 2.75) is 10.1 Å². The SMILES string of the molecule is COc1ccccc1C(=O)CSc1nc(Nc2cccc(S(N)(=O)=O)c2)c2ccccc2n1. The minimum Gasteiger partial charge on any atom is -0.496 e. The second kappa shape index (κ2) is 9.57. The second-order valence-electron chi connectivity index (χ2n) is 6.98. The van der Waals surface area contributed by atoms with Gasteiger partial charge in [0.2, 0.25) is 10.0 Å². The van der Waals surface area contributed by atoms with Crippen molar-refractivity contribution < 1.29 is 17.9 Å². The predicted octanol–water partition coefficient (Wildman–Crippen LogP) is 4.00. The molecule has 168 valence electrons. The summed E-state index contributed by atoms with van der Waals surface area (Å²) in [5.74, 6) is 1.02. The number of para-hydroxylation sites is 2. The fraction of sp³-hybridized carbons (Fsp3) is 0.0870. The van der Waals surface area contributed by atoms with Crippen LogP contribution in [-0.4, -0.2) is 37.0 Å². The molecule has 0 amide bonds. The van der Waals surface area contributed by atoms with Gasteiger partial charge in [0.05, 0.1) is 28.8 Å². The van der Waals surface area contributed by atoms with Gasteiger partial charge in [-0.3, -0.25) is 4.79 Å². The highest BCUT2D eigenvalue weighted by molar-refractivity contribution is 7.99. The lowest BCUT2D eigenvalue weighted by Gasteiger charge is -2.12. The molecule has 0 fully saturated rings. The number of nitrogens with zero attached hydrogens (tertiary/aromatic N) is 2. The van der Waals surface area contributed by atoms with E-state index in [1.807, 2.05) is 24.3 Å². The molecule has 10 heteroatoms. The van der Waals surface area contributed by atoms with Crippen LogP contribution >= 0.6 is 11.8 Å². The molecule has 0 unspecified atom stereocenters. The zero-order valence-electron chi connectivity index (χ0n) is 17.6. The molecule has 0 aliphatic carbocycles. The summed E-state index contributed by atoms with van der Waals surface area (Å²) in [5, 5.41) is 9.55. The molecule has 1 aromatic heterocycles.